The summed E-state index contributed by atoms with van der Waals surface area (Å²) in [6.45, 7) is 4.83. The number of carbonyl (C=O) groups excluding carboxylic acids is 2. The van der Waals surface area contributed by atoms with Gasteiger partial charge in [-0.05, 0) is 19.3 Å². The van der Waals surface area contributed by atoms with Crippen molar-refractivity contribution in [2.24, 2.45) is 10.9 Å². The number of aliphatic imine (C=N–C) groups is 1. The molecule has 1 heterocycles. The van der Waals surface area contributed by atoms with Gasteiger partial charge in [0.1, 0.15) is 0 Å². The third-order valence-corrected chi connectivity index (χ3v) is 3.75. The zero-order valence-corrected chi connectivity index (χ0v) is 13.9. The first-order valence-corrected chi connectivity index (χ1v) is 7.92. The average Bonchev–Trinajstić information content (AvgIpc) is 2.56. The number of hydrogen-bond acceptors (Lipinski definition) is 4. The van der Waals surface area contributed by atoms with E-state index in [1.165, 1.54) is 7.11 Å². The molecule has 0 radical (unpaired) electrons. The minimum atomic E-state index is -0.129. The summed E-state index contributed by atoms with van der Waals surface area (Å²) >= 11 is 0. The van der Waals surface area contributed by atoms with Gasteiger partial charge in [0.25, 0.3) is 0 Å². The van der Waals surface area contributed by atoms with E-state index in [4.69, 9.17) is 4.74 Å². The standard InChI is InChI=1S/C15H28N4O3/c1-4-8-17-13(20)5-9-18-15(16-2)19-10-6-12(7-11-19)14(21)22-3/h12H,4-11H2,1-3H3,(H,16,18)(H,17,20). The lowest BCUT2D eigenvalue weighted by molar-refractivity contribution is -0.146. The molecule has 1 saturated heterocycles. The van der Waals surface area contributed by atoms with Gasteiger partial charge in [-0.15, -0.1) is 0 Å². The quantitative estimate of drug-likeness (QED) is 0.420. The van der Waals surface area contributed by atoms with Crippen molar-refractivity contribution >= 4 is 17.8 Å². The molecule has 0 aromatic heterocycles. The summed E-state index contributed by atoms with van der Waals surface area (Å²) in [5.41, 5.74) is 0. The summed E-state index contributed by atoms with van der Waals surface area (Å²) in [4.78, 5) is 29.4. The van der Waals surface area contributed by atoms with Crippen molar-refractivity contribution < 1.29 is 14.3 Å². The van der Waals surface area contributed by atoms with Gasteiger partial charge in [0.05, 0.1) is 13.0 Å². The van der Waals surface area contributed by atoms with Gasteiger partial charge in [0.2, 0.25) is 5.91 Å². The minimum absolute atomic E-state index is 0.0147. The number of nitrogens with one attached hydrogen (secondary N) is 2. The molecule has 7 heteroatoms. The predicted molar refractivity (Wildman–Crippen MR) is 85.6 cm³/mol. The maximum absolute atomic E-state index is 11.5. The highest BCUT2D eigenvalue weighted by molar-refractivity contribution is 5.81. The van der Waals surface area contributed by atoms with Crippen molar-refractivity contribution in [2.45, 2.75) is 32.6 Å². The van der Waals surface area contributed by atoms with Gasteiger partial charge in [-0.1, -0.05) is 6.92 Å². The Morgan fingerprint density at radius 2 is 1.91 bits per heavy atom. The van der Waals surface area contributed by atoms with E-state index in [0.29, 0.717) is 19.5 Å². The molecule has 0 aliphatic carbocycles. The predicted octanol–water partition coefficient (Wildman–Crippen LogP) is 0.363. The lowest BCUT2D eigenvalue weighted by atomic mass is 9.97. The molecule has 0 aromatic rings. The van der Waals surface area contributed by atoms with Crippen LogP contribution < -0.4 is 10.6 Å². The molecule has 1 aliphatic heterocycles. The minimum Gasteiger partial charge on any atom is -0.469 e. The summed E-state index contributed by atoms with van der Waals surface area (Å²) in [5.74, 6) is 0.690. The molecular formula is C15H28N4O3. The third kappa shape index (κ3) is 5.91. The Balaban J connectivity index is 2.31. The molecule has 1 rings (SSSR count). The van der Waals surface area contributed by atoms with E-state index in [0.717, 1.165) is 38.3 Å². The van der Waals surface area contributed by atoms with Crippen LogP contribution in [-0.4, -0.2) is 63.1 Å². The number of piperidine rings is 1. The van der Waals surface area contributed by atoms with Gasteiger partial charge in [0, 0.05) is 39.6 Å². The Labute approximate surface area is 132 Å². The number of hydrogen-bond donors (Lipinski definition) is 2. The lowest BCUT2D eigenvalue weighted by Crippen LogP contribution is -2.47. The highest BCUT2D eigenvalue weighted by Gasteiger charge is 2.26. The van der Waals surface area contributed by atoms with Crippen LogP contribution in [0.4, 0.5) is 0 Å². The molecule has 0 spiro atoms. The second-order valence-electron chi connectivity index (χ2n) is 5.36. The zero-order valence-electron chi connectivity index (χ0n) is 13.9. The Morgan fingerprint density at radius 3 is 2.45 bits per heavy atom. The van der Waals surface area contributed by atoms with E-state index >= 15 is 0 Å². The molecule has 2 N–H and O–H groups in total. The van der Waals surface area contributed by atoms with Gasteiger partial charge >= 0.3 is 5.97 Å². The van der Waals surface area contributed by atoms with Gasteiger partial charge in [-0.2, -0.15) is 0 Å². The van der Waals surface area contributed by atoms with E-state index in [9.17, 15) is 9.59 Å². The van der Waals surface area contributed by atoms with Crippen LogP contribution in [0, 0.1) is 5.92 Å². The lowest BCUT2D eigenvalue weighted by Gasteiger charge is -2.33. The number of likely N-dealkylation sites (tertiary alicyclic amines) is 1. The highest BCUT2D eigenvalue weighted by Crippen LogP contribution is 2.18. The van der Waals surface area contributed by atoms with Crippen molar-refractivity contribution in [3.8, 4) is 0 Å². The molecule has 0 bridgehead atoms. The highest BCUT2D eigenvalue weighted by atomic mass is 16.5. The summed E-state index contributed by atoms with van der Waals surface area (Å²) in [6.07, 6.45) is 2.91. The van der Waals surface area contributed by atoms with Crippen molar-refractivity contribution in [1.29, 1.82) is 0 Å². The average molecular weight is 312 g/mol. The van der Waals surface area contributed by atoms with Crippen LogP contribution in [-0.2, 0) is 14.3 Å². The van der Waals surface area contributed by atoms with Crippen molar-refractivity contribution in [3.63, 3.8) is 0 Å². The number of guanidine groups is 1. The number of nitrogens with zero attached hydrogens (tertiary/aromatic N) is 2. The SMILES string of the molecule is CCCNC(=O)CCNC(=NC)N1CCC(C(=O)OC)CC1. The number of amides is 1. The van der Waals surface area contributed by atoms with E-state index in [2.05, 4.69) is 20.5 Å². The molecule has 0 unspecified atom stereocenters. The van der Waals surface area contributed by atoms with Gasteiger partial charge < -0.3 is 20.3 Å². The summed E-state index contributed by atoms with van der Waals surface area (Å²) < 4.78 is 4.79. The molecule has 126 valence electrons. The molecule has 1 amide bonds. The molecule has 1 aliphatic rings. The number of carbonyl (C=O) groups is 2. The molecule has 0 saturated carbocycles. The van der Waals surface area contributed by atoms with Crippen LogP contribution in [0.1, 0.15) is 32.6 Å². The zero-order chi connectivity index (χ0) is 16.4. The monoisotopic (exact) mass is 312 g/mol. The number of ether oxygens (including phenoxy) is 1. The molecule has 0 atom stereocenters. The van der Waals surface area contributed by atoms with Crippen LogP contribution in [0.5, 0.6) is 0 Å². The number of rotatable bonds is 6. The van der Waals surface area contributed by atoms with E-state index in [1.807, 2.05) is 6.92 Å². The smallest absolute Gasteiger partial charge is 0.308 e. The Morgan fingerprint density at radius 1 is 1.23 bits per heavy atom. The van der Waals surface area contributed by atoms with Gasteiger partial charge in [-0.25, -0.2) is 0 Å². The van der Waals surface area contributed by atoms with Crippen LogP contribution in [0.3, 0.4) is 0 Å². The summed E-state index contributed by atoms with van der Waals surface area (Å²) in [6, 6.07) is 0. The van der Waals surface area contributed by atoms with Crippen LogP contribution in [0.2, 0.25) is 0 Å². The van der Waals surface area contributed by atoms with Crippen LogP contribution in [0.15, 0.2) is 4.99 Å². The Kier molecular flexibility index (Phi) is 8.32. The summed E-state index contributed by atoms with van der Waals surface area (Å²) in [5, 5.41) is 6.05. The second-order valence-corrected chi connectivity index (χ2v) is 5.36. The summed E-state index contributed by atoms with van der Waals surface area (Å²) in [7, 11) is 3.16. The first-order valence-electron chi connectivity index (χ1n) is 7.92. The van der Waals surface area contributed by atoms with E-state index in [1.54, 1.807) is 7.05 Å². The molecular weight excluding hydrogens is 284 g/mol. The molecule has 7 nitrogen and oxygen atoms in total. The second kappa shape index (κ2) is 10.0. The first-order chi connectivity index (χ1) is 10.6. The first kappa shape index (κ1) is 18.3. The fourth-order valence-corrected chi connectivity index (χ4v) is 2.47. The van der Waals surface area contributed by atoms with Gasteiger partial charge in [0.15, 0.2) is 5.96 Å². The molecule has 1 fully saturated rings. The third-order valence-electron chi connectivity index (χ3n) is 3.75. The molecule has 22 heavy (non-hydrogen) atoms. The van der Waals surface area contributed by atoms with Gasteiger partial charge in [-0.3, -0.25) is 14.6 Å². The van der Waals surface area contributed by atoms with Crippen molar-refractivity contribution in [2.75, 3.05) is 40.3 Å². The topological polar surface area (TPSA) is 83.0 Å². The van der Waals surface area contributed by atoms with Crippen molar-refractivity contribution in [1.82, 2.24) is 15.5 Å². The number of methoxy groups -OCH3 is 1. The van der Waals surface area contributed by atoms with E-state index < -0.39 is 0 Å². The fraction of sp³-hybridized carbons (Fsp3) is 0.800. The maximum atomic E-state index is 11.5. The fourth-order valence-electron chi connectivity index (χ4n) is 2.47. The molecule has 0 aromatic carbocycles. The van der Waals surface area contributed by atoms with E-state index in [-0.39, 0.29) is 17.8 Å². The Bertz CT molecular complexity index is 390. The van der Waals surface area contributed by atoms with Crippen molar-refractivity contribution in [3.05, 3.63) is 0 Å². The van der Waals surface area contributed by atoms with Crippen LogP contribution >= 0.6 is 0 Å². The van der Waals surface area contributed by atoms with Crippen LogP contribution in [0.25, 0.3) is 0 Å². The number of esters is 1. The Hall–Kier alpha value is -1.79. The largest absolute Gasteiger partial charge is 0.469 e. The maximum Gasteiger partial charge on any atom is 0.308 e. The normalized spacial score (nSPS) is 16.3.